The van der Waals surface area contributed by atoms with E-state index in [0.717, 1.165) is 4.47 Å². The number of nitrogens with zero attached hydrogens (tertiary/aromatic N) is 3. The fourth-order valence-electron chi connectivity index (χ4n) is 1.19. The van der Waals surface area contributed by atoms with Crippen LogP contribution in [0, 0.1) is 0 Å². The molecule has 0 aliphatic heterocycles. The molecular weight excluding hydrogens is 317 g/mol. The quantitative estimate of drug-likeness (QED) is 0.799. The molecule has 0 bridgehead atoms. The lowest BCUT2D eigenvalue weighted by Gasteiger charge is -2.06. The number of hydrogen-bond donors (Lipinski definition) is 0. The first kappa shape index (κ1) is 11.6. The van der Waals surface area contributed by atoms with Gasteiger partial charge in [-0.15, -0.1) is 5.10 Å². The van der Waals surface area contributed by atoms with E-state index in [1.165, 1.54) is 10.9 Å². The van der Waals surface area contributed by atoms with Gasteiger partial charge < -0.3 is 0 Å². The van der Waals surface area contributed by atoms with Crippen LogP contribution in [0.25, 0.3) is 5.69 Å². The fraction of sp³-hybridized carbons (Fsp3) is 0. The Morgan fingerprint density at radius 1 is 1.31 bits per heavy atom. The van der Waals surface area contributed by atoms with Gasteiger partial charge in [-0.25, -0.2) is 4.68 Å². The van der Waals surface area contributed by atoms with Crippen LogP contribution in [0.4, 0.5) is 0 Å². The molecule has 0 aliphatic rings. The van der Waals surface area contributed by atoms with Crippen LogP contribution in [0.15, 0.2) is 22.8 Å². The van der Waals surface area contributed by atoms with Crippen molar-refractivity contribution in [1.82, 2.24) is 15.0 Å². The molecule has 0 N–H and O–H groups in total. The minimum atomic E-state index is 0.218. The Labute approximate surface area is 109 Å². The predicted octanol–water partition coefficient (Wildman–Crippen LogP) is 3.15. The van der Waals surface area contributed by atoms with Crippen LogP contribution < -0.4 is 0 Å². The summed E-state index contributed by atoms with van der Waals surface area (Å²) in [5.41, 5.74) is 0.710. The zero-order valence-corrected chi connectivity index (χ0v) is 10.8. The lowest BCUT2D eigenvalue weighted by atomic mass is 10.3. The second kappa shape index (κ2) is 4.53. The molecule has 16 heavy (non-hydrogen) atoms. The summed E-state index contributed by atoms with van der Waals surface area (Å²) < 4.78 is 2.13. The first-order chi connectivity index (χ1) is 7.61. The maximum absolute atomic E-state index is 10.5. The summed E-state index contributed by atoms with van der Waals surface area (Å²) >= 11 is 15.3. The summed E-state index contributed by atoms with van der Waals surface area (Å²) in [7, 11) is 0. The van der Waals surface area contributed by atoms with E-state index in [4.69, 9.17) is 23.2 Å². The number of aldehydes is 1. The smallest absolute Gasteiger partial charge is 0.171 e. The highest BCUT2D eigenvalue weighted by atomic mass is 79.9. The van der Waals surface area contributed by atoms with Crippen LogP contribution in [0.2, 0.25) is 10.0 Å². The number of hydrogen-bond acceptors (Lipinski definition) is 3. The summed E-state index contributed by atoms with van der Waals surface area (Å²) in [5, 5.41) is 8.23. The number of halogens is 3. The van der Waals surface area contributed by atoms with Gasteiger partial charge in [-0.2, -0.15) is 0 Å². The topological polar surface area (TPSA) is 47.8 Å². The van der Waals surface area contributed by atoms with Crippen LogP contribution in [-0.2, 0) is 0 Å². The van der Waals surface area contributed by atoms with Crippen LogP contribution in [0.3, 0.4) is 0 Å². The van der Waals surface area contributed by atoms with E-state index in [1.54, 1.807) is 12.1 Å². The molecule has 0 unspecified atom stereocenters. The van der Waals surface area contributed by atoms with Gasteiger partial charge in [0.2, 0.25) is 0 Å². The summed E-state index contributed by atoms with van der Waals surface area (Å²) in [6.45, 7) is 0. The van der Waals surface area contributed by atoms with Gasteiger partial charge in [-0.1, -0.05) is 44.3 Å². The molecule has 1 heterocycles. The Bertz CT molecular complexity index is 532. The highest BCUT2D eigenvalue weighted by molar-refractivity contribution is 9.10. The maximum atomic E-state index is 10.5. The van der Waals surface area contributed by atoms with Crippen molar-refractivity contribution in [3.8, 4) is 5.69 Å². The Kier molecular flexibility index (Phi) is 3.28. The van der Waals surface area contributed by atoms with Crippen molar-refractivity contribution in [3.63, 3.8) is 0 Å². The molecule has 4 nitrogen and oxygen atoms in total. The third-order valence-corrected chi connectivity index (χ3v) is 2.88. The fourth-order valence-corrected chi connectivity index (χ4v) is 2.58. The zero-order chi connectivity index (χ0) is 11.7. The van der Waals surface area contributed by atoms with E-state index < -0.39 is 0 Å². The van der Waals surface area contributed by atoms with Crippen molar-refractivity contribution in [2.45, 2.75) is 0 Å². The van der Waals surface area contributed by atoms with E-state index in [0.29, 0.717) is 22.0 Å². The van der Waals surface area contributed by atoms with Gasteiger partial charge in [0, 0.05) is 4.47 Å². The molecule has 0 fully saturated rings. The van der Waals surface area contributed by atoms with Crippen LogP contribution in [-0.4, -0.2) is 21.3 Å². The Balaban J connectivity index is 2.59. The summed E-state index contributed by atoms with van der Waals surface area (Å²) in [4.78, 5) is 10.5. The Morgan fingerprint density at radius 3 is 2.44 bits per heavy atom. The first-order valence-corrected chi connectivity index (χ1v) is 5.69. The monoisotopic (exact) mass is 319 g/mol. The molecule has 82 valence electrons. The zero-order valence-electron chi connectivity index (χ0n) is 7.69. The van der Waals surface area contributed by atoms with Gasteiger partial charge >= 0.3 is 0 Å². The highest BCUT2D eigenvalue weighted by Crippen LogP contribution is 2.31. The molecule has 0 atom stereocenters. The van der Waals surface area contributed by atoms with Crippen molar-refractivity contribution in [2.24, 2.45) is 0 Å². The van der Waals surface area contributed by atoms with Crippen molar-refractivity contribution < 1.29 is 4.79 Å². The van der Waals surface area contributed by atoms with Gasteiger partial charge in [0.1, 0.15) is 11.4 Å². The maximum Gasteiger partial charge on any atom is 0.171 e. The Hall–Kier alpha value is -0.910. The SMILES string of the molecule is O=Cc1cn(-c2c(Cl)cc(Br)cc2Cl)nn1. The average molecular weight is 321 g/mol. The van der Waals surface area contributed by atoms with E-state index in [9.17, 15) is 4.79 Å². The Morgan fingerprint density at radius 2 is 1.94 bits per heavy atom. The molecule has 2 aromatic rings. The van der Waals surface area contributed by atoms with E-state index in [-0.39, 0.29) is 5.69 Å². The van der Waals surface area contributed by atoms with Crippen LogP contribution >= 0.6 is 39.1 Å². The van der Waals surface area contributed by atoms with Gasteiger partial charge in [0.25, 0.3) is 0 Å². The summed E-state index contributed by atoms with van der Waals surface area (Å²) in [5.74, 6) is 0. The number of carbonyl (C=O) groups is 1. The van der Waals surface area contributed by atoms with Gasteiger partial charge in [0.05, 0.1) is 16.2 Å². The average Bonchev–Trinajstić information content (AvgIpc) is 2.64. The molecule has 1 aromatic heterocycles. The lowest BCUT2D eigenvalue weighted by Crippen LogP contribution is -1.97. The second-order valence-corrected chi connectivity index (χ2v) is 4.65. The van der Waals surface area contributed by atoms with E-state index in [2.05, 4.69) is 26.2 Å². The molecule has 0 spiro atoms. The lowest BCUT2D eigenvalue weighted by molar-refractivity contribution is 0.111. The summed E-state index contributed by atoms with van der Waals surface area (Å²) in [6.07, 6.45) is 2.05. The van der Waals surface area contributed by atoms with Gasteiger partial charge in [0.15, 0.2) is 6.29 Å². The molecular formula is C9H4BrCl2N3O. The largest absolute Gasteiger partial charge is 0.296 e. The molecule has 0 radical (unpaired) electrons. The number of rotatable bonds is 2. The highest BCUT2D eigenvalue weighted by Gasteiger charge is 2.11. The van der Waals surface area contributed by atoms with E-state index >= 15 is 0 Å². The number of benzene rings is 1. The molecule has 7 heteroatoms. The normalized spacial score (nSPS) is 10.4. The summed E-state index contributed by atoms with van der Waals surface area (Å²) in [6, 6.07) is 3.37. The standard InChI is InChI=1S/C9H4BrCl2N3O/c10-5-1-7(11)9(8(12)2-5)15-3-6(4-16)13-14-15/h1-4H. The minimum absolute atomic E-state index is 0.218. The predicted molar refractivity (Wildman–Crippen MR) is 64.5 cm³/mol. The van der Waals surface area contributed by atoms with Crippen LogP contribution in [0.5, 0.6) is 0 Å². The van der Waals surface area contributed by atoms with E-state index in [1.807, 2.05) is 0 Å². The van der Waals surface area contributed by atoms with Crippen molar-refractivity contribution >= 4 is 45.4 Å². The molecule has 0 amide bonds. The third-order valence-electron chi connectivity index (χ3n) is 1.84. The van der Waals surface area contributed by atoms with Gasteiger partial charge in [-0.05, 0) is 12.1 Å². The number of aromatic nitrogens is 3. The van der Waals surface area contributed by atoms with Crippen molar-refractivity contribution in [2.75, 3.05) is 0 Å². The molecule has 0 aliphatic carbocycles. The number of carbonyl (C=O) groups excluding carboxylic acids is 1. The van der Waals surface area contributed by atoms with Crippen molar-refractivity contribution in [1.29, 1.82) is 0 Å². The molecule has 0 saturated carbocycles. The van der Waals surface area contributed by atoms with Crippen molar-refractivity contribution in [3.05, 3.63) is 38.5 Å². The molecule has 2 rings (SSSR count). The second-order valence-electron chi connectivity index (χ2n) is 2.92. The van der Waals surface area contributed by atoms with Crippen LogP contribution in [0.1, 0.15) is 10.5 Å². The van der Waals surface area contributed by atoms with Gasteiger partial charge in [-0.3, -0.25) is 4.79 Å². The third kappa shape index (κ3) is 2.11. The molecule has 1 aromatic carbocycles. The molecule has 0 saturated heterocycles. The first-order valence-electron chi connectivity index (χ1n) is 4.14. The minimum Gasteiger partial charge on any atom is -0.296 e.